The van der Waals surface area contributed by atoms with E-state index in [9.17, 15) is 0 Å². The Balaban J connectivity index is 0.0000000833. The fourth-order valence-corrected chi connectivity index (χ4v) is 24.5. The number of anilines is 5. The summed E-state index contributed by atoms with van der Waals surface area (Å²) in [5.74, 6) is 9.89. The zero-order chi connectivity index (χ0) is 99.2. The van der Waals surface area contributed by atoms with Gasteiger partial charge in [0.05, 0.1) is 77.7 Å². The SMILES string of the molecule is Cc1c2ccccc2n2c3cc4ccccc4n3c3cc4ccccc4n3c12.Cc1c2ccccc2n2c3nc4ccccc4n3c3nc4ccccc4n3c12.Cc1cc2c3c(c1)CCCN3CCC2.Cc1cc2c3ccccc3n3c4ccccc4c(c1)c23.Cc1ccc2c(c1)Oc1cccc3c1N2B1c2ccccc2-c2ccccc2N13.Cc1ccc2c(c1)Oc1ccccc1O2.Cc1cccc2c1Oc1ccccc1O2. The number of imidazole rings is 2. The summed E-state index contributed by atoms with van der Waals surface area (Å²) in [6.45, 7) is 17.6. The molecule has 0 saturated heterocycles. The molecule has 35 rings (SSSR count). The van der Waals surface area contributed by atoms with Crippen LogP contribution in [0, 0.1) is 48.5 Å². The van der Waals surface area contributed by atoms with Crippen molar-refractivity contribution in [2.75, 3.05) is 27.6 Å². The van der Waals surface area contributed by atoms with Crippen molar-refractivity contribution in [3.63, 3.8) is 0 Å². The van der Waals surface area contributed by atoms with E-state index in [1.165, 1.54) is 188 Å². The maximum atomic E-state index is 6.36. The lowest BCUT2D eigenvalue weighted by molar-refractivity contribution is 0.357. The smallest absolute Gasteiger partial charge is 0.421 e. The molecule has 0 unspecified atom stereocenters. The van der Waals surface area contributed by atoms with Gasteiger partial charge in [-0.1, -0.05) is 248 Å². The molecule has 0 fully saturated rings. The van der Waals surface area contributed by atoms with Crippen LogP contribution >= 0.6 is 0 Å². The number of aromatic nitrogens is 9. The Labute approximate surface area is 858 Å². The minimum atomic E-state index is 0.0719. The average Bonchev–Trinajstić information content (AvgIpc) is 1.15. The van der Waals surface area contributed by atoms with Crippen LogP contribution in [0.1, 0.15) is 62.9 Å². The molecule has 0 N–H and O–H groups in total. The van der Waals surface area contributed by atoms with Gasteiger partial charge in [-0.3, -0.25) is 22.0 Å². The third kappa shape index (κ3) is 13.7. The van der Waals surface area contributed by atoms with Crippen molar-refractivity contribution in [1.82, 2.24) is 40.8 Å². The second-order valence-corrected chi connectivity index (χ2v) is 40.1. The predicted octanol–water partition coefficient (Wildman–Crippen LogP) is 32.6. The van der Waals surface area contributed by atoms with Crippen molar-refractivity contribution in [3.8, 4) is 68.6 Å². The fourth-order valence-electron chi connectivity index (χ4n) is 24.5. The van der Waals surface area contributed by atoms with E-state index in [2.05, 4.69) is 383 Å². The Kier molecular flexibility index (Phi) is 20.0. The Morgan fingerprint density at radius 2 is 0.691 bits per heavy atom. The van der Waals surface area contributed by atoms with Gasteiger partial charge in [-0.25, -0.2) is 14.4 Å². The van der Waals surface area contributed by atoms with Crippen LogP contribution in [0.2, 0.25) is 0 Å². The Hall–Kier alpha value is -18.7. The van der Waals surface area contributed by atoms with Gasteiger partial charge in [0.25, 0.3) is 0 Å². The molecule has 0 aliphatic carbocycles. The van der Waals surface area contributed by atoms with E-state index >= 15 is 0 Å². The van der Waals surface area contributed by atoms with E-state index in [0.29, 0.717) is 0 Å². The summed E-state index contributed by atoms with van der Waals surface area (Å²) >= 11 is 0. The maximum absolute atomic E-state index is 6.36. The summed E-state index contributed by atoms with van der Waals surface area (Å²) in [6.07, 6.45) is 5.27. The van der Waals surface area contributed by atoms with Crippen LogP contribution in [-0.2, 0) is 12.8 Å². The molecule has 28 aromatic rings. The molecule has 17 nitrogen and oxygen atoms in total. The first-order chi connectivity index (χ1) is 73.3. The van der Waals surface area contributed by atoms with Crippen LogP contribution in [0.25, 0.3) is 149 Å². The molecule has 10 aromatic heterocycles. The van der Waals surface area contributed by atoms with Gasteiger partial charge in [0.15, 0.2) is 51.7 Å². The van der Waals surface area contributed by atoms with Crippen LogP contribution in [0.4, 0.5) is 28.4 Å². The highest BCUT2D eigenvalue weighted by atomic mass is 16.6. The van der Waals surface area contributed by atoms with Crippen molar-refractivity contribution in [2.24, 2.45) is 0 Å². The standard InChI is InChI=1S/C25H17BN2O.C25H17N3.C23H15N5.C19H13N.C13H17N.2C13H10O2/c1-16-13-14-21-24(15-16)29-23-12-6-11-22-25(23)28(21)26-19-9-4-2-7-17(19)18-8-3-5-10-20(18)27(22)26;1-16-19-10-4-7-13-22(19)28-24-14-17-8-2-5-11-20(17)26(24)23-15-18-9-3-6-12-21(18)27(23)25(16)28;1-14-15-8-2-5-11-18(15)26-21(14)27-19-12-6-3-9-16(19)24-23(27)28-20-13-7-4-10-17(20)25-22(26)28;1-12-10-15-13-6-2-4-8-17(13)20-18-9-5-3-7-14(18)16(11-12)19(15)20;1-10-8-11-4-2-6-14-7-3-5-12(9-10)13(11)14;1-9-5-4-8-12-13(9)15-11-7-3-2-6-10(11)14-12;1-9-6-7-12-13(8-9)15-11-5-3-2-4-10(11)14-12/h2-15H,1H3;2-15H,1H3;2-13H,1H3;2-11H,1H3;8-9H,2-7H2,1H3;2*2-8H,1H3. The summed E-state index contributed by atoms with van der Waals surface area (Å²) in [4.78, 5) is 17.5. The van der Waals surface area contributed by atoms with Gasteiger partial charge in [-0.2, -0.15) is 0 Å². The molecule has 0 spiro atoms. The minimum Gasteiger partial charge on any atom is -0.453 e. The quantitative estimate of drug-likeness (QED) is 0.136. The summed E-state index contributed by atoms with van der Waals surface area (Å²) in [7, 11) is 0. The van der Waals surface area contributed by atoms with Gasteiger partial charge in [0.2, 0.25) is 11.6 Å². The number of rotatable bonds is 0. The van der Waals surface area contributed by atoms with Crippen LogP contribution in [0.5, 0.6) is 57.5 Å². The number of aryl methyl sites for hydroxylation is 9. The summed E-state index contributed by atoms with van der Waals surface area (Å²) < 4.78 is 45.7. The molecule has 0 saturated carbocycles. The van der Waals surface area contributed by atoms with E-state index < -0.39 is 0 Å². The number of fused-ring (bicyclic) bond motifs is 44. The number of benzene rings is 18. The van der Waals surface area contributed by atoms with E-state index in [1.807, 2.05) is 111 Å². The highest BCUT2D eigenvalue weighted by Gasteiger charge is 2.51. The van der Waals surface area contributed by atoms with Crippen molar-refractivity contribution in [1.29, 1.82) is 0 Å². The first-order valence-corrected chi connectivity index (χ1v) is 51.5. The molecular weight excluding hydrogens is 1830 g/mol. The highest BCUT2D eigenvalue weighted by molar-refractivity contribution is 6.86. The lowest BCUT2D eigenvalue weighted by Gasteiger charge is -2.37. The molecule has 0 radical (unpaired) electrons. The molecule has 0 amide bonds. The molecule has 149 heavy (non-hydrogen) atoms. The maximum Gasteiger partial charge on any atom is 0.421 e. The van der Waals surface area contributed by atoms with Crippen molar-refractivity contribution >= 4 is 179 Å². The zero-order valence-corrected chi connectivity index (χ0v) is 83.3. The van der Waals surface area contributed by atoms with Crippen LogP contribution < -0.4 is 43.7 Å². The van der Waals surface area contributed by atoms with Gasteiger partial charge < -0.3 is 42.6 Å². The number of hydrogen-bond donors (Lipinski definition) is 0. The van der Waals surface area contributed by atoms with Gasteiger partial charge in [0.1, 0.15) is 28.3 Å². The number of ether oxygens (including phenoxy) is 5. The molecule has 18 aromatic carbocycles. The minimum absolute atomic E-state index is 0.0719. The third-order valence-corrected chi connectivity index (χ3v) is 30.9. The van der Waals surface area contributed by atoms with Gasteiger partial charge >= 0.3 is 6.98 Å². The summed E-state index contributed by atoms with van der Waals surface area (Å²) in [5, 5.41) is 10.5. The molecule has 7 aliphatic heterocycles. The van der Waals surface area contributed by atoms with E-state index in [-0.39, 0.29) is 6.98 Å². The van der Waals surface area contributed by atoms with Crippen LogP contribution in [0.15, 0.2) is 400 Å². The Morgan fingerprint density at radius 1 is 0.262 bits per heavy atom. The Bertz CT molecular complexity index is 9990. The summed E-state index contributed by atoms with van der Waals surface area (Å²) in [5.41, 5.74) is 40.0. The van der Waals surface area contributed by atoms with Crippen LogP contribution in [0.3, 0.4) is 0 Å². The highest BCUT2D eigenvalue weighted by Crippen LogP contribution is 2.60. The Morgan fingerprint density at radius 3 is 1.32 bits per heavy atom. The zero-order valence-electron chi connectivity index (χ0n) is 83.3. The lowest BCUT2D eigenvalue weighted by Crippen LogP contribution is -2.55. The number of hydrogen-bond acceptors (Lipinski definition) is 10. The predicted molar refractivity (Wildman–Crippen MR) is 609 cm³/mol. The van der Waals surface area contributed by atoms with Crippen molar-refractivity contribution in [2.45, 2.75) is 74.1 Å². The molecule has 716 valence electrons. The summed E-state index contributed by atoms with van der Waals surface area (Å²) in [6, 6.07) is 140. The lowest BCUT2D eigenvalue weighted by atomic mass is 9.59. The molecular formula is C131H99BN12O5. The molecule has 0 atom stereocenters. The van der Waals surface area contributed by atoms with Crippen LogP contribution in [-0.4, -0.2) is 60.8 Å². The monoisotopic (exact) mass is 1930 g/mol. The van der Waals surface area contributed by atoms with E-state index in [1.54, 1.807) is 16.8 Å². The third-order valence-electron chi connectivity index (χ3n) is 30.9. The van der Waals surface area contributed by atoms with Crippen molar-refractivity contribution in [3.05, 3.63) is 450 Å². The molecule has 7 aliphatic rings. The molecule has 0 bridgehead atoms. The van der Waals surface area contributed by atoms with Gasteiger partial charge in [-0.05, 0) is 276 Å². The number of para-hydroxylation sites is 17. The first-order valence-electron chi connectivity index (χ1n) is 51.5. The average molecular weight is 1930 g/mol. The first kappa shape index (κ1) is 87.0. The molecule has 17 heterocycles. The topological polar surface area (TPSA) is 113 Å². The second kappa shape index (κ2) is 34.3. The van der Waals surface area contributed by atoms with E-state index in [4.69, 9.17) is 33.7 Å². The van der Waals surface area contributed by atoms with E-state index in [0.717, 1.165) is 125 Å². The van der Waals surface area contributed by atoms with Gasteiger partial charge in [-0.15, -0.1) is 0 Å². The largest absolute Gasteiger partial charge is 0.453 e. The second-order valence-electron chi connectivity index (χ2n) is 40.1. The van der Waals surface area contributed by atoms with Crippen molar-refractivity contribution < 1.29 is 23.7 Å². The molecule has 18 heteroatoms. The fraction of sp³-hybridized carbons (Fsp3) is 0.0992. The normalized spacial score (nSPS) is 13.4. The number of nitrogens with zero attached hydrogens (tertiary/aromatic N) is 12. The van der Waals surface area contributed by atoms with Gasteiger partial charge in [0, 0.05) is 84.2 Å².